The number of aromatic nitrogens is 2. The van der Waals surface area contributed by atoms with Gasteiger partial charge in [-0.3, -0.25) is 0 Å². The van der Waals surface area contributed by atoms with E-state index in [-0.39, 0.29) is 0 Å². The molecule has 75 heavy (non-hydrogen) atoms. The molecule has 0 aliphatic carbocycles. The molecule has 0 spiro atoms. The first kappa shape index (κ1) is 41.8. The highest BCUT2D eigenvalue weighted by molar-refractivity contribution is 7.27. The molecule has 346 valence electrons. The number of thiophene rings is 2. The Kier molecular flexibility index (Phi) is 8.85. The van der Waals surface area contributed by atoms with Crippen LogP contribution in [0.25, 0.3) is 155 Å². The molecule has 0 radical (unpaired) electrons. The minimum absolute atomic E-state index is 0.381. The molecule has 7 heteroatoms. The molecular formula is C68H36N4OS2. The molecule has 16 rings (SSSR count). The zero-order valence-corrected chi connectivity index (χ0v) is 41.4. The number of benzene rings is 11. The van der Waals surface area contributed by atoms with E-state index in [0.717, 1.165) is 108 Å². The number of furan rings is 1. The van der Waals surface area contributed by atoms with Crippen molar-refractivity contribution in [1.82, 2.24) is 9.13 Å². The van der Waals surface area contributed by atoms with E-state index >= 15 is 0 Å². The van der Waals surface area contributed by atoms with Crippen LogP contribution >= 0.6 is 22.7 Å². The van der Waals surface area contributed by atoms with Gasteiger partial charge >= 0.3 is 0 Å². The fourth-order valence-electron chi connectivity index (χ4n) is 12.2. The summed E-state index contributed by atoms with van der Waals surface area (Å²) in [5.41, 5.74) is 12.9. The molecule has 16 aromatic rings. The summed E-state index contributed by atoms with van der Waals surface area (Å²) < 4.78 is 16.4. The number of nitrogens with zero attached hydrogens (tertiary/aromatic N) is 4. The van der Waals surface area contributed by atoms with Crippen LogP contribution < -0.4 is 0 Å². The third-order valence-electron chi connectivity index (χ3n) is 15.4. The molecule has 11 aromatic carbocycles. The summed E-state index contributed by atoms with van der Waals surface area (Å²) in [6.07, 6.45) is 0. The molecule has 0 bridgehead atoms. The van der Waals surface area contributed by atoms with Gasteiger partial charge < -0.3 is 13.6 Å². The largest absolute Gasteiger partial charge is 0.454 e. The van der Waals surface area contributed by atoms with Crippen molar-refractivity contribution in [1.29, 1.82) is 5.26 Å². The average molecular weight is 989 g/mol. The van der Waals surface area contributed by atoms with Gasteiger partial charge in [0.15, 0.2) is 5.58 Å². The van der Waals surface area contributed by atoms with E-state index in [1.165, 1.54) is 25.7 Å². The van der Waals surface area contributed by atoms with Crippen LogP contribution in [0.15, 0.2) is 223 Å². The molecular weight excluding hydrogens is 953 g/mol. The second kappa shape index (κ2) is 15.9. The molecule has 0 atom stereocenters. The highest BCUT2D eigenvalue weighted by Crippen LogP contribution is 2.55. The van der Waals surface area contributed by atoms with Gasteiger partial charge in [-0.15, -0.1) is 22.7 Å². The Hall–Kier alpha value is -9.76. The van der Waals surface area contributed by atoms with Crippen molar-refractivity contribution in [2.75, 3.05) is 0 Å². The Morgan fingerprint density at radius 1 is 0.413 bits per heavy atom. The molecule has 0 fully saturated rings. The van der Waals surface area contributed by atoms with E-state index in [9.17, 15) is 11.8 Å². The summed E-state index contributed by atoms with van der Waals surface area (Å²) >= 11 is 3.56. The van der Waals surface area contributed by atoms with Crippen LogP contribution in [0, 0.1) is 17.9 Å². The van der Waals surface area contributed by atoms with E-state index in [2.05, 4.69) is 190 Å². The van der Waals surface area contributed by atoms with Crippen molar-refractivity contribution in [2.24, 2.45) is 0 Å². The van der Waals surface area contributed by atoms with Gasteiger partial charge in [0.1, 0.15) is 11.7 Å². The third kappa shape index (κ3) is 5.79. The monoisotopic (exact) mass is 988 g/mol. The number of hydrogen-bond acceptors (Lipinski definition) is 4. The van der Waals surface area contributed by atoms with E-state index in [0.29, 0.717) is 28.2 Å². The highest BCUT2D eigenvalue weighted by Gasteiger charge is 2.34. The van der Waals surface area contributed by atoms with E-state index in [4.69, 9.17) is 4.42 Å². The van der Waals surface area contributed by atoms with Crippen LogP contribution in [0.4, 0.5) is 5.69 Å². The molecule has 0 unspecified atom stereocenters. The summed E-state index contributed by atoms with van der Waals surface area (Å²) in [4.78, 5) is 4.66. The van der Waals surface area contributed by atoms with Crippen molar-refractivity contribution in [3.05, 3.63) is 235 Å². The molecule has 0 aliphatic heterocycles. The van der Waals surface area contributed by atoms with Crippen LogP contribution in [-0.2, 0) is 0 Å². The third-order valence-corrected chi connectivity index (χ3v) is 17.8. The fraction of sp³-hybridized carbons (Fsp3) is 0. The zero-order chi connectivity index (χ0) is 49.5. The smallest absolute Gasteiger partial charge is 0.220 e. The Bertz CT molecular complexity index is 5070. The maximum atomic E-state index is 12.2. The maximum Gasteiger partial charge on any atom is 0.220 e. The van der Waals surface area contributed by atoms with Gasteiger partial charge in [0, 0.05) is 74.4 Å². The van der Waals surface area contributed by atoms with Crippen molar-refractivity contribution in [2.45, 2.75) is 0 Å². The minimum Gasteiger partial charge on any atom is -0.454 e. The first-order valence-corrected chi connectivity index (χ1v) is 26.6. The first-order valence-electron chi connectivity index (χ1n) is 24.9. The van der Waals surface area contributed by atoms with Gasteiger partial charge in [-0.2, -0.15) is 5.26 Å². The number of rotatable bonds is 5. The molecule has 0 N–H and O–H groups in total. The maximum absolute atomic E-state index is 12.2. The van der Waals surface area contributed by atoms with Crippen molar-refractivity contribution in [3.8, 4) is 50.8 Å². The molecule has 0 amide bonds. The van der Waals surface area contributed by atoms with Gasteiger partial charge in [-0.05, 0) is 58.7 Å². The topological polar surface area (TPSA) is 51.1 Å². The molecule has 0 aliphatic rings. The van der Waals surface area contributed by atoms with E-state index < -0.39 is 0 Å². The lowest BCUT2D eigenvalue weighted by Gasteiger charge is -2.26. The molecule has 5 heterocycles. The number of hydrogen-bond donors (Lipinski definition) is 0. The Labute approximate surface area is 436 Å². The molecule has 5 aromatic heterocycles. The number of nitriles is 1. The van der Waals surface area contributed by atoms with Gasteiger partial charge in [-0.1, -0.05) is 182 Å². The van der Waals surface area contributed by atoms with E-state index in [1.54, 1.807) is 22.7 Å². The fourth-order valence-corrected chi connectivity index (χ4v) is 14.7. The minimum atomic E-state index is 0.381. The van der Waals surface area contributed by atoms with Gasteiger partial charge in [0.05, 0.1) is 55.0 Å². The second-order valence-corrected chi connectivity index (χ2v) is 21.3. The lowest BCUT2D eigenvalue weighted by atomic mass is 9.88. The normalized spacial score (nSPS) is 12.0. The Morgan fingerprint density at radius 2 is 0.947 bits per heavy atom. The van der Waals surface area contributed by atoms with Crippen molar-refractivity contribution in [3.63, 3.8) is 0 Å². The van der Waals surface area contributed by atoms with Gasteiger partial charge in [0.2, 0.25) is 5.69 Å². The summed E-state index contributed by atoms with van der Waals surface area (Å²) in [5.74, 6) is 0. The van der Waals surface area contributed by atoms with Crippen LogP contribution in [0.1, 0.15) is 5.56 Å². The van der Waals surface area contributed by atoms with Crippen LogP contribution in [0.5, 0.6) is 0 Å². The molecule has 0 saturated carbocycles. The highest BCUT2D eigenvalue weighted by atomic mass is 32.1. The van der Waals surface area contributed by atoms with Crippen LogP contribution in [0.3, 0.4) is 0 Å². The predicted octanol–water partition coefficient (Wildman–Crippen LogP) is 19.9. The van der Waals surface area contributed by atoms with Crippen molar-refractivity contribution < 1.29 is 4.42 Å². The summed E-state index contributed by atoms with van der Waals surface area (Å²) in [5, 5.41) is 23.1. The lowest BCUT2D eigenvalue weighted by molar-refractivity contribution is 0.671. The Balaban J connectivity index is 1.18. The van der Waals surface area contributed by atoms with E-state index in [1.807, 2.05) is 48.5 Å². The van der Waals surface area contributed by atoms with Crippen molar-refractivity contribution >= 4 is 134 Å². The van der Waals surface area contributed by atoms with Gasteiger partial charge in [0.25, 0.3) is 0 Å². The zero-order valence-electron chi connectivity index (χ0n) is 39.8. The lowest BCUT2D eigenvalue weighted by Crippen LogP contribution is -2.09. The van der Waals surface area contributed by atoms with Crippen LogP contribution in [-0.4, -0.2) is 9.13 Å². The number of fused-ring (bicyclic) bond motifs is 18. The summed E-state index contributed by atoms with van der Waals surface area (Å²) in [6, 6.07) is 79.6. The quantitative estimate of drug-likeness (QED) is 0.161. The van der Waals surface area contributed by atoms with Gasteiger partial charge in [-0.25, -0.2) is 4.85 Å². The average Bonchev–Trinajstić information content (AvgIpc) is 4.43. The Morgan fingerprint density at radius 3 is 1.65 bits per heavy atom. The first-order chi connectivity index (χ1) is 37.2. The summed E-state index contributed by atoms with van der Waals surface area (Å²) in [7, 11) is 0. The second-order valence-electron chi connectivity index (χ2n) is 19.2. The summed E-state index contributed by atoms with van der Waals surface area (Å²) in [6.45, 7) is 9.56. The molecule has 5 nitrogen and oxygen atoms in total. The predicted molar refractivity (Wildman–Crippen MR) is 315 cm³/mol. The number of para-hydroxylation sites is 2. The SMILES string of the molecule is [C-]#[N+]c1c(-c2ccccc2)c(C#N)c(-n2c3ccccc3c3ccc4c5cc(-c6ccccc6)ccc5sc4c32)c(-c2ccccc2)c1-n1c2c(ccc3c4ccccc4oc32)c2ccc3c4ccccc4sc3c21. The standard InChI is InChI=1S/C68H36N4OS2/c1-70-60-58(40-19-7-3-8-20-40)53(38-69)61(71-54-26-14-11-23-43(54)46-31-35-51-52-37-42(39-17-5-2-6-18-39)29-36-57(52)75-68(51)63(46)71)59(41-21-9-4-10-22-41)65(60)72-62-47(30-33-49-44-24-12-15-27-55(44)73-66(49)62)48-32-34-50-45-25-13-16-28-56(45)74-67(50)64(48)72/h2-37H. The molecule has 0 saturated heterocycles. The van der Waals surface area contributed by atoms with Crippen LogP contribution in [0.2, 0.25) is 0 Å².